The quantitative estimate of drug-likeness (QED) is 0.509. The molecule has 0 fully saturated rings. The highest BCUT2D eigenvalue weighted by Gasteiger charge is 2.30. The van der Waals surface area contributed by atoms with E-state index in [2.05, 4.69) is 0 Å². The summed E-state index contributed by atoms with van der Waals surface area (Å²) in [6, 6.07) is 13.2. The fraction of sp³-hybridized carbons (Fsp3) is 0.364. The Kier molecular flexibility index (Phi) is 6.57. The van der Waals surface area contributed by atoms with Crippen LogP contribution in [0.1, 0.15) is 25.3 Å². The standard InChI is InChI=1S/C22H25ClN2O3/c1-16-13-18(9-10-19(16)23)28-12-6-5-11-25-21-8-4-3-7-20(21)24(15-26)14-17(2)22(25)27/h3-4,7-10,13,15,17H,5-6,11-12,14H2,1-2H3. The summed E-state index contributed by atoms with van der Waals surface area (Å²) in [6.07, 6.45) is 2.42. The van der Waals surface area contributed by atoms with Gasteiger partial charge < -0.3 is 14.5 Å². The van der Waals surface area contributed by atoms with E-state index in [0.717, 1.165) is 47.0 Å². The van der Waals surface area contributed by atoms with Crippen LogP contribution < -0.4 is 14.5 Å². The number of hydrogen-bond donors (Lipinski definition) is 0. The fourth-order valence-corrected chi connectivity index (χ4v) is 3.51. The molecule has 2 aromatic rings. The van der Waals surface area contributed by atoms with Crippen LogP contribution in [0.2, 0.25) is 5.02 Å². The number of nitrogens with zero attached hydrogens (tertiary/aromatic N) is 2. The molecule has 0 aromatic heterocycles. The first-order valence-electron chi connectivity index (χ1n) is 9.52. The minimum Gasteiger partial charge on any atom is -0.494 e. The average molecular weight is 401 g/mol. The van der Waals surface area contributed by atoms with Crippen LogP contribution >= 0.6 is 11.6 Å². The third-order valence-corrected chi connectivity index (χ3v) is 5.37. The number of carbonyl (C=O) groups is 2. The maximum absolute atomic E-state index is 12.9. The molecule has 3 rings (SSSR count). The second-order valence-corrected chi connectivity index (χ2v) is 7.51. The predicted octanol–water partition coefficient (Wildman–Crippen LogP) is 4.45. The van der Waals surface area contributed by atoms with Crippen LogP contribution in [0.25, 0.3) is 0 Å². The van der Waals surface area contributed by atoms with Gasteiger partial charge in [0.15, 0.2) is 0 Å². The molecule has 1 unspecified atom stereocenters. The summed E-state index contributed by atoms with van der Waals surface area (Å²) in [4.78, 5) is 27.8. The molecule has 0 aliphatic carbocycles. The van der Waals surface area contributed by atoms with Crippen LogP contribution in [0.3, 0.4) is 0 Å². The third kappa shape index (κ3) is 4.47. The van der Waals surface area contributed by atoms with Crippen LogP contribution in [-0.4, -0.2) is 32.0 Å². The lowest BCUT2D eigenvalue weighted by Gasteiger charge is -2.24. The van der Waals surface area contributed by atoms with Crippen LogP contribution in [0.5, 0.6) is 5.75 Å². The van der Waals surface area contributed by atoms with Gasteiger partial charge in [-0.1, -0.05) is 30.7 Å². The minimum absolute atomic E-state index is 0.0473. The number of amides is 2. The summed E-state index contributed by atoms with van der Waals surface area (Å²) in [6.45, 7) is 5.37. The Bertz CT molecular complexity index is 855. The van der Waals surface area contributed by atoms with Crippen molar-refractivity contribution in [1.29, 1.82) is 0 Å². The molecule has 0 saturated carbocycles. The largest absolute Gasteiger partial charge is 0.494 e. The van der Waals surface area contributed by atoms with Crippen molar-refractivity contribution in [3.63, 3.8) is 0 Å². The Morgan fingerprint density at radius 1 is 1.18 bits per heavy atom. The van der Waals surface area contributed by atoms with E-state index in [9.17, 15) is 9.59 Å². The average Bonchev–Trinajstić information content (AvgIpc) is 2.80. The lowest BCUT2D eigenvalue weighted by molar-refractivity contribution is -0.121. The van der Waals surface area contributed by atoms with E-state index in [1.54, 1.807) is 9.80 Å². The number of aryl methyl sites for hydroxylation is 1. The Morgan fingerprint density at radius 3 is 2.64 bits per heavy atom. The molecule has 1 heterocycles. The zero-order chi connectivity index (χ0) is 20.1. The number of benzene rings is 2. The molecule has 2 amide bonds. The maximum atomic E-state index is 12.9. The van der Waals surface area contributed by atoms with Gasteiger partial charge in [0.1, 0.15) is 5.75 Å². The van der Waals surface area contributed by atoms with E-state index in [-0.39, 0.29) is 11.8 Å². The highest BCUT2D eigenvalue weighted by molar-refractivity contribution is 6.31. The van der Waals surface area contributed by atoms with Gasteiger partial charge in [0.2, 0.25) is 12.3 Å². The number of carbonyl (C=O) groups excluding carboxylic acids is 2. The van der Waals surface area contributed by atoms with E-state index in [4.69, 9.17) is 16.3 Å². The molecule has 5 nitrogen and oxygen atoms in total. The first-order valence-corrected chi connectivity index (χ1v) is 9.90. The van der Waals surface area contributed by atoms with Crippen molar-refractivity contribution in [3.05, 3.63) is 53.1 Å². The van der Waals surface area contributed by atoms with Crippen LogP contribution in [-0.2, 0) is 9.59 Å². The van der Waals surface area contributed by atoms with Gasteiger partial charge >= 0.3 is 0 Å². The number of rotatable bonds is 7. The monoisotopic (exact) mass is 400 g/mol. The number of para-hydroxylation sites is 2. The van der Waals surface area contributed by atoms with E-state index < -0.39 is 0 Å². The number of fused-ring (bicyclic) bond motifs is 1. The highest BCUT2D eigenvalue weighted by atomic mass is 35.5. The predicted molar refractivity (Wildman–Crippen MR) is 112 cm³/mol. The van der Waals surface area contributed by atoms with Crippen molar-refractivity contribution in [3.8, 4) is 5.75 Å². The highest BCUT2D eigenvalue weighted by Crippen LogP contribution is 2.33. The van der Waals surface area contributed by atoms with Crippen LogP contribution in [0.15, 0.2) is 42.5 Å². The normalized spacial score (nSPS) is 16.5. The maximum Gasteiger partial charge on any atom is 0.231 e. The molecule has 2 aromatic carbocycles. The molecule has 148 valence electrons. The van der Waals surface area contributed by atoms with E-state index in [1.165, 1.54) is 0 Å². The number of ether oxygens (including phenoxy) is 1. The molecule has 1 aliphatic rings. The van der Waals surface area contributed by atoms with Crippen molar-refractivity contribution in [1.82, 2.24) is 0 Å². The number of hydrogen-bond acceptors (Lipinski definition) is 3. The molecule has 28 heavy (non-hydrogen) atoms. The molecule has 0 N–H and O–H groups in total. The first kappa shape index (κ1) is 20.2. The smallest absolute Gasteiger partial charge is 0.231 e. The molecule has 6 heteroatoms. The number of halogens is 1. The summed E-state index contributed by atoms with van der Waals surface area (Å²) in [5.74, 6) is 0.602. The summed E-state index contributed by atoms with van der Waals surface area (Å²) in [7, 11) is 0. The molecule has 1 atom stereocenters. The molecular formula is C22H25ClN2O3. The van der Waals surface area contributed by atoms with Crippen molar-refractivity contribution in [2.75, 3.05) is 29.5 Å². The van der Waals surface area contributed by atoms with Crippen LogP contribution in [0.4, 0.5) is 11.4 Å². The third-order valence-electron chi connectivity index (χ3n) is 4.94. The molecule has 0 spiro atoms. The summed E-state index contributed by atoms with van der Waals surface area (Å²) >= 11 is 6.03. The van der Waals surface area contributed by atoms with Crippen molar-refractivity contribution >= 4 is 35.3 Å². The zero-order valence-corrected chi connectivity index (χ0v) is 17.0. The van der Waals surface area contributed by atoms with E-state index in [1.807, 2.05) is 56.3 Å². The molecule has 0 bridgehead atoms. The first-order chi connectivity index (χ1) is 13.5. The van der Waals surface area contributed by atoms with Crippen LogP contribution in [0, 0.1) is 12.8 Å². The number of unbranched alkanes of at least 4 members (excludes halogenated alkanes) is 1. The molecule has 0 saturated heterocycles. The summed E-state index contributed by atoms with van der Waals surface area (Å²) in [5.41, 5.74) is 2.56. The van der Waals surface area contributed by atoms with E-state index in [0.29, 0.717) is 19.7 Å². The Balaban J connectivity index is 1.61. The summed E-state index contributed by atoms with van der Waals surface area (Å²) < 4.78 is 5.79. The van der Waals surface area contributed by atoms with Gasteiger partial charge in [-0.3, -0.25) is 9.59 Å². The second kappa shape index (κ2) is 9.11. The van der Waals surface area contributed by atoms with Gasteiger partial charge in [-0.15, -0.1) is 0 Å². The molecule has 1 aliphatic heterocycles. The number of anilines is 2. The van der Waals surface area contributed by atoms with Crippen molar-refractivity contribution in [2.45, 2.75) is 26.7 Å². The van der Waals surface area contributed by atoms with Crippen molar-refractivity contribution in [2.24, 2.45) is 5.92 Å². The Morgan fingerprint density at radius 2 is 1.93 bits per heavy atom. The zero-order valence-electron chi connectivity index (χ0n) is 16.2. The lowest BCUT2D eigenvalue weighted by atomic mass is 10.1. The van der Waals surface area contributed by atoms with Crippen molar-refractivity contribution < 1.29 is 14.3 Å². The van der Waals surface area contributed by atoms with Gasteiger partial charge in [-0.25, -0.2) is 0 Å². The van der Waals surface area contributed by atoms with Gasteiger partial charge in [0.05, 0.1) is 23.9 Å². The van der Waals surface area contributed by atoms with Gasteiger partial charge in [0.25, 0.3) is 0 Å². The minimum atomic E-state index is -0.245. The van der Waals surface area contributed by atoms with Gasteiger partial charge in [-0.2, -0.15) is 0 Å². The lowest BCUT2D eigenvalue weighted by Crippen LogP contribution is -2.37. The molecule has 0 radical (unpaired) electrons. The second-order valence-electron chi connectivity index (χ2n) is 7.10. The van der Waals surface area contributed by atoms with Gasteiger partial charge in [0, 0.05) is 18.1 Å². The Labute approximate surface area is 170 Å². The molecular weight excluding hydrogens is 376 g/mol. The van der Waals surface area contributed by atoms with Gasteiger partial charge in [-0.05, 0) is 55.7 Å². The SMILES string of the molecule is Cc1cc(OCCCCN2C(=O)C(C)CN(C=O)c3ccccc32)ccc1Cl. The topological polar surface area (TPSA) is 49.9 Å². The summed E-state index contributed by atoms with van der Waals surface area (Å²) in [5, 5.41) is 0.726. The Hall–Kier alpha value is -2.53. The van der Waals surface area contributed by atoms with E-state index >= 15 is 0 Å². The fourth-order valence-electron chi connectivity index (χ4n) is 3.39.